The van der Waals surface area contributed by atoms with E-state index in [9.17, 15) is 8.42 Å². The van der Waals surface area contributed by atoms with Gasteiger partial charge >= 0.3 is 0 Å². The van der Waals surface area contributed by atoms with Crippen LogP contribution in [0.1, 0.15) is 11.1 Å². The predicted molar refractivity (Wildman–Crippen MR) is 113 cm³/mol. The molecule has 5 heteroatoms. The molecule has 0 fully saturated rings. The van der Waals surface area contributed by atoms with Crippen LogP contribution in [-0.4, -0.2) is 14.2 Å². The molecule has 0 unspecified atom stereocenters. The third-order valence-electron chi connectivity index (χ3n) is 4.50. The van der Waals surface area contributed by atoms with E-state index in [0.29, 0.717) is 21.9 Å². The van der Waals surface area contributed by atoms with E-state index in [-0.39, 0.29) is 10.6 Å². The van der Waals surface area contributed by atoms with Gasteiger partial charge in [-0.3, -0.25) is 0 Å². The van der Waals surface area contributed by atoms with Crippen molar-refractivity contribution in [1.82, 2.24) is 0 Å². The van der Waals surface area contributed by atoms with Crippen LogP contribution in [0.25, 0.3) is 10.6 Å². The number of para-hydroxylation sites is 1. The van der Waals surface area contributed by atoms with E-state index in [1.165, 1.54) is 6.26 Å². The number of hydrogen-bond donors (Lipinski definition) is 0. The molecular formula is C23H17ClO3S. The van der Waals surface area contributed by atoms with Gasteiger partial charge in [0.05, 0.1) is 21.9 Å². The lowest BCUT2D eigenvalue weighted by Gasteiger charge is -2.22. The number of fused-ring (bicyclic) bond motifs is 1. The highest BCUT2D eigenvalue weighted by Gasteiger charge is 2.27. The fourth-order valence-electron chi connectivity index (χ4n) is 3.15. The molecule has 0 atom stereocenters. The molecule has 0 radical (unpaired) electrons. The zero-order valence-electron chi connectivity index (χ0n) is 14.9. The molecule has 0 saturated carbocycles. The predicted octanol–water partition coefficient (Wildman–Crippen LogP) is 5.54. The zero-order valence-corrected chi connectivity index (χ0v) is 16.5. The first kappa shape index (κ1) is 18.5. The van der Waals surface area contributed by atoms with Gasteiger partial charge in [0.15, 0.2) is 9.84 Å². The Kier molecular flexibility index (Phi) is 5.07. The fraction of sp³-hybridized carbons (Fsp3) is 0.0435. The molecule has 3 aromatic carbocycles. The van der Waals surface area contributed by atoms with Crippen molar-refractivity contribution in [1.29, 1.82) is 0 Å². The molecule has 140 valence electrons. The van der Waals surface area contributed by atoms with E-state index in [1.807, 2.05) is 54.6 Å². The van der Waals surface area contributed by atoms with Crippen LogP contribution in [0.3, 0.4) is 0 Å². The summed E-state index contributed by atoms with van der Waals surface area (Å²) in [5.74, 6) is 0.441. The monoisotopic (exact) mass is 408 g/mol. The summed E-state index contributed by atoms with van der Waals surface area (Å²) in [6.45, 7) is 0. The molecule has 4 rings (SSSR count). The minimum absolute atomic E-state index is 0.205. The van der Waals surface area contributed by atoms with Gasteiger partial charge in [-0.1, -0.05) is 78.3 Å². The maximum absolute atomic E-state index is 13.0. The number of ether oxygens (including phenoxy) is 1. The number of rotatable bonds is 4. The minimum atomic E-state index is -3.55. The highest BCUT2D eigenvalue weighted by molar-refractivity contribution is 7.91. The first-order chi connectivity index (χ1) is 13.6. The molecule has 1 aliphatic heterocycles. The molecule has 0 bridgehead atoms. The maximum atomic E-state index is 13.0. The van der Waals surface area contributed by atoms with Gasteiger partial charge in [0.2, 0.25) is 0 Å². The largest absolute Gasteiger partial charge is 0.464 e. The summed E-state index contributed by atoms with van der Waals surface area (Å²) < 4.78 is 31.6. The molecule has 1 heterocycles. The Balaban J connectivity index is 1.84. The Morgan fingerprint density at radius 1 is 0.821 bits per heavy atom. The van der Waals surface area contributed by atoms with Gasteiger partial charge in [0, 0.05) is 16.7 Å². The number of sulfone groups is 1. The number of benzene rings is 3. The average molecular weight is 409 g/mol. The van der Waals surface area contributed by atoms with E-state index in [2.05, 4.69) is 0 Å². The van der Waals surface area contributed by atoms with E-state index in [1.54, 1.807) is 30.3 Å². The molecule has 0 aromatic heterocycles. The van der Waals surface area contributed by atoms with Crippen molar-refractivity contribution >= 4 is 32.0 Å². The van der Waals surface area contributed by atoms with E-state index in [4.69, 9.17) is 16.3 Å². The lowest BCUT2D eigenvalue weighted by Crippen LogP contribution is -2.14. The highest BCUT2D eigenvalue weighted by Crippen LogP contribution is 2.42. The lowest BCUT2D eigenvalue weighted by molar-refractivity contribution is 0.470. The molecular weight excluding hydrogens is 392 g/mol. The number of hydrogen-bond acceptors (Lipinski definition) is 3. The first-order valence-corrected chi connectivity index (χ1v) is 10.8. The van der Waals surface area contributed by atoms with Gasteiger partial charge in [-0.15, -0.1) is 0 Å². The van der Waals surface area contributed by atoms with Crippen LogP contribution >= 0.6 is 11.6 Å². The first-order valence-electron chi connectivity index (χ1n) is 8.75. The standard InChI is InChI=1S/C23H17ClO3S/c24-23(17-9-3-1-4-10-17)22-18(15-27-21-14-8-7-13-20(21)22)16-28(25,26)19-11-5-2-6-12-19/h1-15H,16H2/b23-22-. The summed E-state index contributed by atoms with van der Waals surface area (Å²) in [5.41, 5.74) is 2.79. The van der Waals surface area contributed by atoms with Crippen molar-refractivity contribution < 1.29 is 13.2 Å². The van der Waals surface area contributed by atoms with Gasteiger partial charge < -0.3 is 4.74 Å². The van der Waals surface area contributed by atoms with Crippen molar-refractivity contribution in [2.75, 3.05) is 5.75 Å². The summed E-state index contributed by atoms with van der Waals surface area (Å²) in [5, 5.41) is 0.492. The molecule has 0 amide bonds. The fourth-order valence-corrected chi connectivity index (χ4v) is 4.86. The highest BCUT2D eigenvalue weighted by atomic mass is 35.5. The molecule has 0 aliphatic carbocycles. The van der Waals surface area contributed by atoms with Crippen molar-refractivity contribution in [3.05, 3.63) is 108 Å². The van der Waals surface area contributed by atoms with Crippen LogP contribution in [-0.2, 0) is 9.84 Å². The average Bonchev–Trinajstić information content (AvgIpc) is 2.74. The molecule has 3 nitrogen and oxygen atoms in total. The van der Waals surface area contributed by atoms with Gasteiger partial charge in [0.25, 0.3) is 0 Å². The molecule has 0 saturated heterocycles. The molecule has 1 aliphatic rings. The Morgan fingerprint density at radius 3 is 2.14 bits per heavy atom. The summed E-state index contributed by atoms with van der Waals surface area (Å²) >= 11 is 6.77. The second kappa shape index (κ2) is 7.66. The molecule has 0 spiro atoms. The number of allylic oxidation sites excluding steroid dienone is 1. The van der Waals surface area contributed by atoms with Crippen molar-refractivity contribution in [2.24, 2.45) is 0 Å². The summed E-state index contributed by atoms with van der Waals surface area (Å²) in [4.78, 5) is 0.268. The topological polar surface area (TPSA) is 43.4 Å². The van der Waals surface area contributed by atoms with Crippen LogP contribution < -0.4 is 4.74 Å². The quantitative estimate of drug-likeness (QED) is 0.569. The molecule has 0 N–H and O–H groups in total. The van der Waals surface area contributed by atoms with Crippen LogP contribution in [0.5, 0.6) is 5.75 Å². The second-order valence-corrected chi connectivity index (χ2v) is 8.75. The Hall–Kier alpha value is -2.82. The van der Waals surface area contributed by atoms with E-state index < -0.39 is 9.84 Å². The van der Waals surface area contributed by atoms with Gasteiger partial charge in [-0.2, -0.15) is 0 Å². The second-order valence-electron chi connectivity index (χ2n) is 6.38. The smallest absolute Gasteiger partial charge is 0.182 e. The minimum Gasteiger partial charge on any atom is -0.464 e. The van der Waals surface area contributed by atoms with Crippen molar-refractivity contribution in [2.45, 2.75) is 4.90 Å². The molecule has 3 aromatic rings. The van der Waals surface area contributed by atoms with E-state index in [0.717, 1.165) is 11.1 Å². The van der Waals surface area contributed by atoms with E-state index >= 15 is 0 Å². The summed E-state index contributed by atoms with van der Waals surface area (Å²) in [7, 11) is -3.55. The zero-order chi connectivity index (χ0) is 19.6. The molecule has 28 heavy (non-hydrogen) atoms. The van der Waals surface area contributed by atoms with Crippen LogP contribution in [0.4, 0.5) is 0 Å². The van der Waals surface area contributed by atoms with Crippen LogP contribution in [0.2, 0.25) is 0 Å². The maximum Gasteiger partial charge on any atom is 0.182 e. The third kappa shape index (κ3) is 3.61. The SMILES string of the molecule is O=S(=O)(CC1=COc2ccccc2/C1=C(\Cl)c1ccccc1)c1ccccc1. The van der Waals surface area contributed by atoms with Gasteiger partial charge in [0.1, 0.15) is 5.75 Å². The van der Waals surface area contributed by atoms with Crippen LogP contribution in [0.15, 0.2) is 102 Å². The van der Waals surface area contributed by atoms with Crippen molar-refractivity contribution in [3.8, 4) is 5.75 Å². The summed E-state index contributed by atoms with van der Waals surface area (Å²) in [6, 6.07) is 25.4. The Labute approximate surface area is 169 Å². The van der Waals surface area contributed by atoms with Crippen molar-refractivity contribution in [3.63, 3.8) is 0 Å². The van der Waals surface area contributed by atoms with Gasteiger partial charge in [-0.05, 0) is 23.8 Å². The van der Waals surface area contributed by atoms with Crippen LogP contribution in [0, 0.1) is 0 Å². The summed E-state index contributed by atoms with van der Waals surface area (Å²) in [6.07, 6.45) is 1.49. The number of halogens is 1. The van der Waals surface area contributed by atoms with Gasteiger partial charge in [-0.25, -0.2) is 8.42 Å². The normalized spacial score (nSPS) is 15.2. The lowest BCUT2D eigenvalue weighted by atomic mass is 9.94. The Morgan fingerprint density at radius 2 is 1.43 bits per heavy atom. The third-order valence-corrected chi connectivity index (χ3v) is 6.59. The Bertz CT molecular complexity index is 1160.